The van der Waals surface area contributed by atoms with Crippen LogP contribution in [-0.2, 0) is 19.1 Å². The molecule has 0 aromatic heterocycles. The second-order valence-electron chi connectivity index (χ2n) is 5.62. The summed E-state index contributed by atoms with van der Waals surface area (Å²) in [5.74, 6) is -1.59. The Morgan fingerprint density at radius 2 is 1.26 bits per heavy atom. The lowest BCUT2D eigenvalue weighted by molar-refractivity contribution is -0.163. The monoisotopic (exact) mass is 338 g/mol. The summed E-state index contributed by atoms with van der Waals surface area (Å²) in [5, 5.41) is 47.9. The third-order valence-electron chi connectivity index (χ3n) is 3.16. The molecular formula is C14H26O9. The minimum Gasteiger partial charge on any atom is -0.463 e. The number of hydrogen-bond acceptors (Lipinski definition) is 9. The molecule has 0 bridgehead atoms. The van der Waals surface area contributed by atoms with Crippen molar-refractivity contribution in [3.8, 4) is 0 Å². The van der Waals surface area contributed by atoms with Crippen LogP contribution < -0.4 is 0 Å². The number of aliphatic hydroxyl groups excluding tert-OH is 5. The minimum atomic E-state index is -1.82. The number of carbonyl (C=O) groups is 2. The Balaban J connectivity index is 4.25. The van der Waals surface area contributed by atoms with E-state index >= 15 is 0 Å². The first-order valence-corrected chi connectivity index (χ1v) is 7.25. The van der Waals surface area contributed by atoms with Crippen LogP contribution in [0.15, 0.2) is 0 Å². The van der Waals surface area contributed by atoms with Crippen LogP contribution in [-0.4, -0.2) is 81.2 Å². The molecule has 0 radical (unpaired) electrons. The summed E-state index contributed by atoms with van der Waals surface area (Å²) >= 11 is 0. The van der Waals surface area contributed by atoms with E-state index in [0.29, 0.717) is 0 Å². The molecular weight excluding hydrogens is 312 g/mol. The Bertz CT molecular complexity index is 371. The predicted octanol–water partition coefficient (Wildman–Crippen LogP) is -2.06. The number of carbonyl (C=O) groups excluding carboxylic acids is 2. The Labute approximate surface area is 134 Å². The minimum absolute atomic E-state index is 0.142. The molecule has 0 heterocycles. The molecule has 23 heavy (non-hydrogen) atoms. The van der Waals surface area contributed by atoms with E-state index in [-0.39, 0.29) is 12.3 Å². The van der Waals surface area contributed by atoms with Crippen molar-refractivity contribution in [3.63, 3.8) is 0 Å². The molecule has 0 saturated heterocycles. The second-order valence-corrected chi connectivity index (χ2v) is 5.62. The third kappa shape index (κ3) is 8.82. The standard InChI is InChI=1S/C14H26O9/c1-7(2)9(16)4-12(19)23-6-11(18)14(21)13(20)10(17)5-22-8(3)15/h7,9-11,13-14,16-18,20-21H,4-6H2,1-3H3/t9?,10-,11-,13-,14-/m0/s1. The van der Waals surface area contributed by atoms with Gasteiger partial charge in [0.1, 0.15) is 37.6 Å². The van der Waals surface area contributed by atoms with E-state index in [1.807, 2.05) is 0 Å². The molecule has 0 amide bonds. The van der Waals surface area contributed by atoms with Gasteiger partial charge in [-0.2, -0.15) is 0 Å². The van der Waals surface area contributed by atoms with E-state index in [9.17, 15) is 35.1 Å². The van der Waals surface area contributed by atoms with Crippen molar-refractivity contribution in [2.24, 2.45) is 5.92 Å². The largest absolute Gasteiger partial charge is 0.463 e. The quantitative estimate of drug-likeness (QED) is 0.283. The molecule has 0 aliphatic rings. The van der Waals surface area contributed by atoms with Crippen molar-refractivity contribution in [1.82, 2.24) is 0 Å². The second kappa shape index (κ2) is 10.5. The molecule has 9 heteroatoms. The van der Waals surface area contributed by atoms with Gasteiger partial charge < -0.3 is 35.0 Å². The molecule has 0 fully saturated rings. The van der Waals surface area contributed by atoms with Crippen molar-refractivity contribution >= 4 is 11.9 Å². The van der Waals surface area contributed by atoms with E-state index in [2.05, 4.69) is 9.47 Å². The molecule has 0 aromatic carbocycles. The molecule has 0 rings (SSSR count). The molecule has 5 atom stereocenters. The van der Waals surface area contributed by atoms with Crippen LogP contribution >= 0.6 is 0 Å². The van der Waals surface area contributed by atoms with Crippen LogP contribution in [0, 0.1) is 5.92 Å². The summed E-state index contributed by atoms with van der Waals surface area (Å²) in [7, 11) is 0. The molecule has 136 valence electrons. The number of aliphatic hydroxyl groups is 5. The number of ether oxygens (including phenoxy) is 2. The fourth-order valence-corrected chi connectivity index (χ4v) is 1.50. The van der Waals surface area contributed by atoms with Gasteiger partial charge in [-0.15, -0.1) is 0 Å². The Morgan fingerprint density at radius 3 is 1.65 bits per heavy atom. The van der Waals surface area contributed by atoms with Crippen molar-refractivity contribution in [1.29, 1.82) is 0 Å². The van der Waals surface area contributed by atoms with Gasteiger partial charge in [0, 0.05) is 6.92 Å². The summed E-state index contributed by atoms with van der Waals surface area (Å²) in [6, 6.07) is 0. The SMILES string of the molecule is CC(=O)OC[C@H](O)[C@H](O)[C@@H](O)[C@@H](O)COC(=O)CC(O)C(C)C. The van der Waals surface area contributed by atoms with Crippen molar-refractivity contribution < 1.29 is 44.6 Å². The van der Waals surface area contributed by atoms with Crippen LogP contribution in [0.2, 0.25) is 0 Å². The fraction of sp³-hybridized carbons (Fsp3) is 0.857. The van der Waals surface area contributed by atoms with Gasteiger partial charge in [-0.05, 0) is 5.92 Å². The molecule has 0 aliphatic carbocycles. The summed E-state index contributed by atoms with van der Waals surface area (Å²) in [6.07, 6.45) is -8.04. The number of rotatable bonds is 10. The third-order valence-corrected chi connectivity index (χ3v) is 3.16. The van der Waals surface area contributed by atoms with Gasteiger partial charge in [-0.1, -0.05) is 13.8 Å². The van der Waals surface area contributed by atoms with E-state index < -0.39 is 55.7 Å². The van der Waals surface area contributed by atoms with Gasteiger partial charge in [0.25, 0.3) is 0 Å². The zero-order chi connectivity index (χ0) is 18.2. The van der Waals surface area contributed by atoms with E-state index in [1.165, 1.54) is 0 Å². The highest BCUT2D eigenvalue weighted by Gasteiger charge is 2.31. The van der Waals surface area contributed by atoms with Crippen molar-refractivity contribution in [2.75, 3.05) is 13.2 Å². The summed E-state index contributed by atoms with van der Waals surface area (Å²) in [6.45, 7) is 3.37. The van der Waals surface area contributed by atoms with E-state index in [4.69, 9.17) is 0 Å². The van der Waals surface area contributed by atoms with Crippen LogP contribution in [0.3, 0.4) is 0 Å². The molecule has 0 saturated carbocycles. The van der Waals surface area contributed by atoms with Crippen LogP contribution in [0.25, 0.3) is 0 Å². The maximum atomic E-state index is 11.4. The van der Waals surface area contributed by atoms with Crippen molar-refractivity contribution in [3.05, 3.63) is 0 Å². The highest BCUT2D eigenvalue weighted by Crippen LogP contribution is 2.09. The van der Waals surface area contributed by atoms with E-state index in [1.54, 1.807) is 13.8 Å². The topological polar surface area (TPSA) is 154 Å². The Hall–Kier alpha value is -1.26. The molecule has 0 spiro atoms. The van der Waals surface area contributed by atoms with Crippen LogP contribution in [0.4, 0.5) is 0 Å². The summed E-state index contributed by atoms with van der Waals surface area (Å²) in [4.78, 5) is 22.0. The van der Waals surface area contributed by atoms with Gasteiger partial charge >= 0.3 is 11.9 Å². The molecule has 1 unspecified atom stereocenters. The highest BCUT2D eigenvalue weighted by molar-refractivity contribution is 5.70. The summed E-state index contributed by atoms with van der Waals surface area (Å²) < 4.78 is 9.15. The maximum Gasteiger partial charge on any atom is 0.308 e. The lowest BCUT2D eigenvalue weighted by Crippen LogP contribution is -2.48. The fourth-order valence-electron chi connectivity index (χ4n) is 1.50. The van der Waals surface area contributed by atoms with E-state index in [0.717, 1.165) is 6.92 Å². The van der Waals surface area contributed by atoms with Gasteiger partial charge in [-0.3, -0.25) is 9.59 Å². The summed E-state index contributed by atoms with van der Waals surface area (Å²) in [5.41, 5.74) is 0. The first-order chi connectivity index (χ1) is 10.6. The van der Waals surface area contributed by atoms with Crippen LogP contribution in [0.1, 0.15) is 27.2 Å². The Morgan fingerprint density at radius 1 is 0.826 bits per heavy atom. The van der Waals surface area contributed by atoms with Gasteiger partial charge in [0.05, 0.1) is 12.5 Å². The van der Waals surface area contributed by atoms with Crippen LogP contribution in [0.5, 0.6) is 0 Å². The van der Waals surface area contributed by atoms with Gasteiger partial charge in [-0.25, -0.2) is 0 Å². The highest BCUT2D eigenvalue weighted by atomic mass is 16.5. The molecule has 0 aromatic rings. The normalized spacial score (nSPS) is 18.0. The average Bonchev–Trinajstić information content (AvgIpc) is 2.48. The van der Waals surface area contributed by atoms with Gasteiger partial charge in [0.2, 0.25) is 0 Å². The first-order valence-electron chi connectivity index (χ1n) is 7.25. The lowest BCUT2D eigenvalue weighted by atomic mass is 10.0. The molecule has 0 aliphatic heterocycles. The van der Waals surface area contributed by atoms with Gasteiger partial charge in [0.15, 0.2) is 0 Å². The van der Waals surface area contributed by atoms with Crippen molar-refractivity contribution in [2.45, 2.75) is 57.7 Å². The molecule has 9 nitrogen and oxygen atoms in total. The number of esters is 2. The zero-order valence-electron chi connectivity index (χ0n) is 13.5. The number of hydrogen-bond donors (Lipinski definition) is 5. The first kappa shape index (κ1) is 21.7. The predicted molar refractivity (Wildman–Crippen MR) is 77.1 cm³/mol. The average molecular weight is 338 g/mol. The smallest absolute Gasteiger partial charge is 0.308 e. The lowest BCUT2D eigenvalue weighted by Gasteiger charge is -2.26. The zero-order valence-corrected chi connectivity index (χ0v) is 13.5. The molecule has 5 N–H and O–H groups in total. The maximum absolute atomic E-state index is 11.4. The Kier molecular flexibility index (Phi) is 9.93.